The number of benzene rings is 1. The molecule has 108 valence electrons. The lowest BCUT2D eigenvalue weighted by Crippen LogP contribution is -2.17. The highest BCUT2D eigenvalue weighted by molar-refractivity contribution is 7.10. The number of carbonyl (C=O) groups excluding carboxylic acids is 1. The number of carbonyl (C=O) groups is 1. The Balaban J connectivity index is 1.54. The molecule has 1 unspecified atom stereocenters. The lowest BCUT2D eigenvalue weighted by Gasteiger charge is -2.21. The Morgan fingerprint density at radius 1 is 1.10 bits per heavy atom. The number of rotatable bonds is 4. The summed E-state index contributed by atoms with van der Waals surface area (Å²) in [6.45, 7) is 0. The summed E-state index contributed by atoms with van der Waals surface area (Å²) in [6, 6.07) is 9.83. The molecule has 2 nitrogen and oxygen atoms in total. The average Bonchev–Trinajstić information content (AvgIpc) is 3.20. The summed E-state index contributed by atoms with van der Waals surface area (Å²) in [5, 5.41) is 2.11. The molecule has 1 saturated carbocycles. The monoisotopic (exact) mass is 298 g/mol. The highest BCUT2D eigenvalue weighted by Gasteiger charge is 2.28. The Morgan fingerprint density at radius 2 is 1.90 bits per heavy atom. The van der Waals surface area contributed by atoms with Crippen LogP contribution in [0.2, 0.25) is 0 Å². The molecule has 1 fully saturated rings. The van der Waals surface area contributed by atoms with E-state index in [4.69, 9.17) is 4.74 Å². The summed E-state index contributed by atoms with van der Waals surface area (Å²) in [4.78, 5) is 14.2. The molecular formula is C18H18O2S. The third-order valence-electron chi connectivity index (χ3n) is 4.33. The van der Waals surface area contributed by atoms with Crippen molar-refractivity contribution in [2.75, 3.05) is 0 Å². The molecule has 0 saturated heterocycles. The number of hydrogen-bond acceptors (Lipinski definition) is 3. The van der Waals surface area contributed by atoms with Gasteiger partial charge >= 0.3 is 0 Å². The van der Waals surface area contributed by atoms with Crippen molar-refractivity contribution in [1.82, 2.24) is 0 Å². The van der Waals surface area contributed by atoms with Gasteiger partial charge in [-0.15, -0.1) is 11.3 Å². The summed E-state index contributed by atoms with van der Waals surface area (Å²) in [5.74, 6) is 1.19. The summed E-state index contributed by atoms with van der Waals surface area (Å²) >= 11 is 1.79. The van der Waals surface area contributed by atoms with Gasteiger partial charge in [0.15, 0.2) is 5.78 Å². The zero-order valence-corrected chi connectivity index (χ0v) is 12.7. The number of aryl methyl sites for hydroxylation is 1. The van der Waals surface area contributed by atoms with Gasteiger partial charge in [0.1, 0.15) is 5.75 Å². The Hall–Kier alpha value is -1.61. The average molecular weight is 298 g/mol. The van der Waals surface area contributed by atoms with E-state index in [0.717, 1.165) is 43.4 Å². The maximum Gasteiger partial charge on any atom is 0.170 e. The molecule has 1 aromatic carbocycles. The van der Waals surface area contributed by atoms with Crippen molar-refractivity contribution in [3.8, 4) is 5.75 Å². The zero-order valence-electron chi connectivity index (χ0n) is 11.9. The zero-order chi connectivity index (χ0) is 14.2. The number of Topliss-reactive ketones (excluding diaryl/α,β-unsaturated/α-hetero) is 1. The van der Waals surface area contributed by atoms with Gasteiger partial charge < -0.3 is 4.74 Å². The third kappa shape index (κ3) is 2.62. The first kappa shape index (κ1) is 13.1. The van der Waals surface area contributed by atoms with E-state index in [1.807, 2.05) is 24.3 Å². The molecule has 0 bridgehead atoms. The minimum atomic E-state index is 0.0511. The van der Waals surface area contributed by atoms with Crippen LogP contribution in [0.3, 0.4) is 0 Å². The van der Waals surface area contributed by atoms with E-state index in [2.05, 4.69) is 11.4 Å². The highest BCUT2D eigenvalue weighted by atomic mass is 32.1. The second-order valence-electron chi connectivity index (χ2n) is 5.95. The highest BCUT2D eigenvalue weighted by Crippen LogP contribution is 2.37. The van der Waals surface area contributed by atoms with Crippen molar-refractivity contribution in [3.63, 3.8) is 0 Å². The van der Waals surface area contributed by atoms with Crippen LogP contribution in [0.1, 0.15) is 52.4 Å². The van der Waals surface area contributed by atoms with E-state index < -0.39 is 0 Å². The van der Waals surface area contributed by atoms with E-state index in [9.17, 15) is 4.79 Å². The molecule has 0 spiro atoms. The van der Waals surface area contributed by atoms with Crippen LogP contribution in [0.5, 0.6) is 5.75 Å². The van der Waals surface area contributed by atoms with Gasteiger partial charge in [0.25, 0.3) is 0 Å². The van der Waals surface area contributed by atoms with Crippen molar-refractivity contribution in [2.45, 2.75) is 44.1 Å². The molecule has 1 aromatic heterocycles. The quantitative estimate of drug-likeness (QED) is 0.772. The fourth-order valence-electron chi connectivity index (χ4n) is 3.04. The number of fused-ring (bicyclic) bond motifs is 1. The predicted octanol–water partition coefficient (Wildman–Crippen LogP) is 4.59. The third-order valence-corrected chi connectivity index (χ3v) is 5.33. The van der Waals surface area contributed by atoms with Crippen molar-refractivity contribution < 1.29 is 9.53 Å². The van der Waals surface area contributed by atoms with Crippen LogP contribution in [0.25, 0.3) is 0 Å². The molecule has 0 radical (unpaired) electrons. The molecule has 1 atom stereocenters. The molecule has 2 aliphatic rings. The maximum absolute atomic E-state index is 12.8. The predicted molar refractivity (Wildman–Crippen MR) is 84.4 cm³/mol. The number of ketones is 1. The van der Waals surface area contributed by atoms with Crippen molar-refractivity contribution in [2.24, 2.45) is 0 Å². The van der Waals surface area contributed by atoms with E-state index in [0.29, 0.717) is 6.10 Å². The molecule has 2 aliphatic carbocycles. The summed E-state index contributed by atoms with van der Waals surface area (Å²) in [5.41, 5.74) is 2.07. The first-order chi connectivity index (χ1) is 10.3. The summed E-state index contributed by atoms with van der Waals surface area (Å²) < 4.78 is 5.74. The molecule has 1 heterocycles. The SMILES string of the molecule is O=C(c1ccc(OC2CC2)cc1)C1CCCc2sccc21. The van der Waals surface area contributed by atoms with Crippen LogP contribution in [0, 0.1) is 0 Å². The molecule has 0 aliphatic heterocycles. The fourth-order valence-corrected chi connectivity index (χ4v) is 4.02. The van der Waals surface area contributed by atoms with E-state index in [1.54, 1.807) is 11.3 Å². The molecule has 4 rings (SSSR count). The Labute approximate surface area is 128 Å². The number of thiophene rings is 1. The van der Waals surface area contributed by atoms with Crippen LogP contribution >= 0.6 is 11.3 Å². The van der Waals surface area contributed by atoms with Crippen molar-refractivity contribution in [1.29, 1.82) is 0 Å². The van der Waals surface area contributed by atoms with Gasteiger partial charge in [-0.25, -0.2) is 0 Å². The largest absolute Gasteiger partial charge is 0.490 e. The lowest BCUT2D eigenvalue weighted by molar-refractivity contribution is 0.0951. The van der Waals surface area contributed by atoms with Crippen LogP contribution in [0.4, 0.5) is 0 Å². The van der Waals surface area contributed by atoms with Gasteiger partial charge in [0.05, 0.1) is 6.10 Å². The summed E-state index contributed by atoms with van der Waals surface area (Å²) in [6.07, 6.45) is 5.94. The van der Waals surface area contributed by atoms with Crippen LogP contribution in [0.15, 0.2) is 35.7 Å². The van der Waals surface area contributed by atoms with Crippen LogP contribution in [-0.2, 0) is 6.42 Å². The Morgan fingerprint density at radius 3 is 2.67 bits per heavy atom. The molecule has 3 heteroatoms. The van der Waals surface area contributed by atoms with Crippen molar-refractivity contribution in [3.05, 3.63) is 51.7 Å². The molecule has 21 heavy (non-hydrogen) atoms. The molecule has 2 aromatic rings. The second kappa shape index (κ2) is 5.30. The molecule has 0 amide bonds. The smallest absolute Gasteiger partial charge is 0.170 e. The molecular weight excluding hydrogens is 280 g/mol. The topological polar surface area (TPSA) is 26.3 Å². The minimum Gasteiger partial charge on any atom is -0.490 e. The lowest BCUT2D eigenvalue weighted by atomic mass is 9.82. The van der Waals surface area contributed by atoms with Crippen molar-refractivity contribution >= 4 is 17.1 Å². The van der Waals surface area contributed by atoms with Gasteiger partial charge in [0.2, 0.25) is 0 Å². The van der Waals surface area contributed by atoms with E-state index >= 15 is 0 Å². The van der Waals surface area contributed by atoms with E-state index in [-0.39, 0.29) is 11.7 Å². The Bertz CT molecular complexity index is 652. The first-order valence-corrected chi connectivity index (χ1v) is 8.56. The number of ether oxygens (including phenoxy) is 1. The van der Waals surface area contributed by atoms with Gasteiger partial charge in [-0.1, -0.05) is 0 Å². The van der Waals surface area contributed by atoms with Crippen LogP contribution < -0.4 is 4.74 Å². The first-order valence-electron chi connectivity index (χ1n) is 7.68. The van der Waals surface area contributed by atoms with Crippen LogP contribution in [-0.4, -0.2) is 11.9 Å². The fraction of sp³-hybridized carbons (Fsp3) is 0.389. The van der Waals surface area contributed by atoms with Gasteiger partial charge in [0, 0.05) is 16.4 Å². The summed E-state index contributed by atoms with van der Waals surface area (Å²) in [7, 11) is 0. The molecule has 0 N–H and O–H groups in total. The standard InChI is InChI=1S/C18H18O2S/c19-18(16-2-1-3-17-15(16)10-11-21-17)12-4-6-13(7-5-12)20-14-8-9-14/h4-7,10-11,14,16H,1-3,8-9H2. The van der Waals surface area contributed by atoms with Gasteiger partial charge in [-0.05, 0) is 73.4 Å². The maximum atomic E-state index is 12.8. The minimum absolute atomic E-state index is 0.0511. The normalized spacial score (nSPS) is 20.9. The van der Waals surface area contributed by atoms with E-state index in [1.165, 1.54) is 10.4 Å². The van der Waals surface area contributed by atoms with Gasteiger partial charge in [-0.2, -0.15) is 0 Å². The number of hydrogen-bond donors (Lipinski definition) is 0. The van der Waals surface area contributed by atoms with Gasteiger partial charge in [-0.3, -0.25) is 4.79 Å². The second-order valence-corrected chi connectivity index (χ2v) is 6.95. The Kier molecular flexibility index (Phi) is 3.30.